The van der Waals surface area contributed by atoms with Crippen LogP contribution in [0.15, 0.2) is 40.9 Å². The Bertz CT molecular complexity index is 566. The van der Waals surface area contributed by atoms with Crippen molar-refractivity contribution >= 4 is 11.8 Å². The average molecular weight is 273 g/mol. The normalized spacial score (nSPS) is 13.8. The first-order valence-electron chi connectivity index (χ1n) is 6.61. The molecule has 0 saturated heterocycles. The highest BCUT2D eigenvalue weighted by Crippen LogP contribution is 2.13. The number of nitrogens with one attached hydrogen (secondary N) is 2. The smallest absolute Gasteiger partial charge is 0.243 e. The van der Waals surface area contributed by atoms with Crippen LogP contribution in [0.2, 0.25) is 0 Å². The molecule has 0 aliphatic carbocycles. The molecule has 0 bridgehead atoms. The number of hydrogen-bond donors (Lipinski definition) is 2. The summed E-state index contributed by atoms with van der Waals surface area (Å²) in [6, 6.07) is 11.4. The van der Waals surface area contributed by atoms with Gasteiger partial charge in [0.05, 0.1) is 11.7 Å². The molecule has 2 N–H and O–H groups in total. The fourth-order valence-electron chi connectivity index (χ4n) is 1.94. The van der Waals surface area contributed by atoms with Gasteiger partial charge in [0.15, 0.2) is 0 Å². The lowest BCUT2D eigenvalue weighted by molar-refractivity contribution is -0.118. The standard InChI is InChI=1S/C15H19N3O2/c1-10-9-14(20-18-10)17-15(19)12(3)16-11(2)13-7-5-4-6-8-13/h4-9,11-12,16H,1-3H3,(H,17,19)/t11-,12+/m1/s1. The molecule has 2 atom stereocenters. The number of anilines is 1. The van der Waals surface area contributed by atoms with E-state index in [0.29, 0.717) is 5.88 Å². The maximum absolute atomic E-state index is 12.0. The lowest BCUT2D eigenvalue weighted by Gasteiger charge is -2.19. The van der Waals surface area contributed by atoms with Crippen LogP contribution in [0.4, 0.5) is 5.88 Å². The lowest BCUT2D eigenvalue weighted by atomic mass is 10.1. The summed E-state index contributed by atoms with van der Waals surface area (Å²) in [4.78, 5) is 12.0. The minimum atomic E-state index is -0.337. The number of benzene rings is 1. The summed E-state index contributed by atoms with van der Waals surface area (Å²) in [7, 11) is 0. The Morgan fingerprint density at radius 3 is 2.55 bits per heavy atom. The number of rotatable bonds is 5. The van der Waals surface area contributed by atoms with Gasteiger partial charge in [0.1, 0.15) is 0 Å². The Balaban J connectivity index is 1.91. The SMILES string of the molecule is Cc1cc(NC(=O)[C@H](C)N[C@H](C)c2ccccc2)on1. The van der Waals surface area contributed by atoms with E-state index in [0.717, 1.165) is 11.3 Å². The molecule has 0 radical (unpaired) electrons. The van der Waals surface area contributed by atoms with Crippen molar-refractivity contribution in [3.8, 4) is 0 Å². The molecule has 1 amide bonds. The summed E-state index contributed by atoms with van der Waals surface area (Å²) < 4.78 is 4.96. The molecule has 0 saturated carbocycles. The highest BCUT2D eigenvalue weighted by atomic mass is 16.5. The van der Waals surface area contributed by atoms with Crippen LogP contribution in [0.1, 0.15) is 31.1 Å². The first-order valence-corrected chi connectivity index (χ1v) is 6.61. The minimum absolute atomic E-state index is 0.0911. The number of aromatic nitrogens is 1. The molecule has 5 heteroatoms. The molecule has 0 aliphatic rings. The molecule has 5 nitrogen and oxygen atoms in total. The Morgan fingerprint density at radius 2 is 1.95 bits per heavy atom. The Morgan fingerprint density at radius 1 is 1.25 bits per heavy atom. The van der Waals surface area contributed by atoms with Crippen LogP contribution in [-0.4, -0.2) is 17.1 Å². The van der Waals surface area contributed by atoms with Gasteiger partial charge in [-0.1, -0.05) is 35.5 Å². The maximum atomic E-state index is 12.0. The molecule has 0 fully saturated rings. The van der Waals surface area contributed by atoms with Crippen molar-refractivity contribution in [3.05, 3.63) is 47.7 Å². The van der Waals surface area contributed by atoms with Crippen LogP contribution in [0.25, 0.3) is 0 Å². The lowest BCUT2D eigenvalue weighted by Crippen LogP contribution is -2.39. The highest BCUT2D eigenvalue weighted by molar-refractivity contribution is 5.93. The van der Waals surface area contributed by atoms with Crippen molar-refractivity contribution in [2.45, 2.75) is 32.9 Å². The van der Waals surface area contributed by atoms with Crippen LogP contribution in [0.5, 0.6) is 0 Å². The minimum Gasteiger partial charge on any atom is -0.338 e. The summed E-state index contributed by atoms with van der Waals surface area (Å²) in [6.45, 7) is 5.65. The summed E-state index contributed by atoms with van der Waals surface area (Å²) in [6.07, 6.45) is 0. The van der Waals surface area contributed by atoms with Crippen molar-refractivity contribution in [1.29, 1.82) is 0 Å². The van der Waals surface area contributed by atoms with E-state index in [1.165, 1.54) is 0 Å². The Hall–Kier alpha value is -2.14. The molecule has 2 rings (SSSR count). The van der Waals surface area contributed by atoms with E-state index in [4.69, 9.17) is 4.52 Å². The van der Waals surface area contributed by atoms with E-state index in [-0.39, 0.29) is 18.0 Å². The van der Waals surface area contributed by atoms with Gasteiger partial charge in [-0.25, -0.2) is 0 Å². The van der Waals surface area contributed by atoms with Gasteiger partial charge < -0.3 is 4.52 Å². The quantitative estimate of drug-likeness (QED) is 0.879. The molecule has 1 aromatic carbocycles. The van der Waals surface area contributed by atoms with Crippen LogP contribution < -0.4 is 10.6 Å². The fraction of sp³-hybridized carbons (Fsp3) is 0.333. The molecule has 0 spiro atoms. The van der Waals surface area contributed by atoms with E-state index in [2.05, 4.69) is 15.8 Å². The fourth-order valence-corrected chi connectivity index (χ4v) is 1.94. The second kappa shape index (κ2) is 6.34. The summed E-state index contributed by atoms with van der Waals surface area (Å²) in [5.41, 5.74) is 1.88. The van der Waals surface area contributed by atoms with Gasteiger partial charge in [0.25, 0.3) is 0 Å². The summed E-state index contributed by atoms with van der Waals surface area (Å²) in [5.74, 6) is 0.220. The highest BCUT2D eigenvalue weighted by Gasteiger charge is 2.17. The van der Waals surface area contributed by atoms with E-state index >= 15 is 0 Å². The average Bonchev–Trinajstić information content (AvgIpc) is 2.85. The molecular weight excluding hydrogens is 254 g/mol. The number of carbonyl (C=O) groups excluding carboxylic acids is 1. The molecule has 0 unspecified atom stereocenters. The first-order chi connectivity index (χ1) is 9.56. The van der Waals surface area contributed by atoms with E-state index in [1.54, 1.807) is 13.0 Å². The Kier molecular flexibility index (Phi) is 4.53. The predicted octanol–water partition coefficient (Wildman–Crippen LogP) is 2.66. The summed E-state index contributed by atoms with van der Waals surface area (Å²) in [5, 5.41) is 9.66. The van der Waals surface area contributed by atoms with Gasteiger partial charge in [-0.15, -0.1) is 0 Å². The van der Waals surface area contributed by atoms with Crippen molar-refractivity contribution in [2.75, 3.05) is 5.32 Å². The largest absolute Gasteiger partial charge is 0.338 e. The number of nitrogens with zero attached hydrogens (tertiary/aromatic N) is 1. The van der Waals surface area contributed by atoms with Crippen molar-refractivity contribution in [3.63, 3.8) is 0 Å². The Labute approximate surface area is 118 Å². The molecule has 1 heterocycles. The molecule has 1 aromatic heterocycles. The topological polar surface area (TPSA) is 67.2 Å². The van der Waals surface area contributed by atoms with Gasteiger partial charge in [-0.3, -0.25) is 15.4 Å². The third-order valence-electron chi connectivity index (χ3n) is 3.07. The second-order valence-corrected chi connectivity index (χ2v) is 4.84. The molecule has 2 aromatic rings. The zero-order valence-electron chi connectivity index (χ0n) is 11.9. The van der Waals surface area contributed by atoms with Crippen molar-refractivity contribution in [2.24, 2.45) is 0 Å². The number of amides is 1. The van der Waals surface area contributed by atoms with Gasteiger partial charge in [0.2, 0.25) is 11.8 Å². The van der Waals surface area contributed by atoms with Gasteiger partial charge in [-0.05, 0) is 26.3 Å². The zero-order chi connectivity index (χ0) is 14.5. The molecule has 106 valence electrons. The molecule has 20 heavy (non-hydrogen) atoms. The molecule has 0 aliphatic heterocycles. The van der Waals surface area contributed by atoms with Crippen LogP contribution in [-0.2, 0) is 4.79 Å². The zero-order valence-corrected chi connectivity index (χ0v) is 11.9. The number of aryl methyl sites for hydroxylation is 1. The van der Waals surface area contributed by atoms with Crippen LogP contribution in [0.3, 0.4) is 0 Å². The summed E-state index contributed by atoms with van der Waals surface area (Å²) >= 11 is 0. The van der Waals surface area contributed by atoms with Gasteiger partial charge >= 0.3 is 0 Å². The van der Waals surface area contributed by atoms with E-state index < -0.39 is 0 Å². The van der Waals surface area contributed by atoms with E-state index in [1.807, 2.05) is 44.2 Å². The third kappa shape index (κ3) is 3.68. The monoisotopic (exact) mass is 273 g/mol. The van der Waals surface area contributed by atoms with Gasteiger partial charge in [0, 0.05) is 12.1 Å². The van der Waals surface area contributed by atoms with Crippen molar-refractivity contribution < 1.29 is 9.32 Å². The van der Waals surface area contributed by atoms with Crippen LogP contribution >= 0.6 is 0 Å². The van der Waals surface area contributed by atoms with Gasteiger partial charge in [-0.2, -0.15) is 0 Å². The third-order valence-corrected chi connectivity index (χ3v) is 3.07. The first kappa shape index (κ1) is 14.3. The molecular formula is C15H19N3O2. The van der Waals surface area contributed by atoms with Crippen molar-refractivity contribution in [1.82, 2.24) is 10.5 Å². The number of hydrogen-bond acceptors (Lipinski definition) is 4. The maximum Gasteiger partial charge on any atom is 0.243 e. The predicted molar refractivity (Wildman–Crippen MR) is 77.3 cm³/mol. The van der Waals surface area contributed by atoms with Crippen LogP contribution in [0, 0.1) is 6.92 Å². The second-order valence-electron chi connectivity index (χ2n) is 4.84. The number of carbonyl (C=O) groups is 1. The van der Waals surface area contributed by atoms with E-state index in [9.17, 15) is 4.79 Å².